The minimum absolute atomic E-state index is 0.166. The maximum absolute atomic E-state index is 11.6. The molecule has 3 rings (SSSR count). The van der Waals surface area contributed by atoms with Crippen molar-refractivity contribution in [2.24, 2.45) is 11.8 Å². The minimum atomic E-state index is 0.166. The van der Waals surface area contributed by atoms with Gasteiger partial charge >= 0.3 is 0 Å². The fourth-order valence-corrected chi connectivity index (χ4v) is 2.60. The molecule has 0 aromatic carbocycles. The van der Waals surface area contributed by atoms with Crippen molar-refractivity contribution in [3.63, 3.8) is 0 Å². The Morgan fingerprint density at radius 3 is 2.77 bits per heavy atom. The summed E-state index contributed by atoms with van der Waals surface area (Å²) < 4.78 is 0. The van der Waals surface area contributed by atoms with Crippen molar-refractivity contribution in [1.29, 1.82) is 0 Å². The Morgan fingerprint density at radius 1 is 1.38 bits per heavy atom. The van der Waals surface area contributed by atoms with E-state index in [9.17, 15) is 4.79 Å². The van der Waals surface area contributed by atoms with Crippen molar-refractivity contribution in [3.8, 4) is 0 Å². The fraction of sp³-hybridized carbons (Fsp3) is 0.900. The van der Waals surface area contributed by atoms with Crippen LogP contribution in [0.25, 0.3) is 0 Å². The summed E-state index contributed by atoms with van der Waals surface area (Å²) in [6.07, 6.45) is 4.70. The van der Waals surface area contributed by atoms with Gasteiger partial charge in [-0.1, -0.05) is 0 Å². The molecule has 3 nitrogen and oxygen atoms in total. The summed E-state index contributed by atoms with van der Waals surface area (Å²) in [5.41, 5.74) is 0.166. The van der Waals surface area contributed by atoms with Crippen LogP contribution >= 0.6 is 0 Å². The van der Waals surface area contributed by atoms with Crippen LogP contribution in [0.15, 0.2) is 0 Å². The SMILES string of the molecule is O=C(NC12CCC1CNC2)C1CC1. The zero-order chi connectivity index (χ0) is 8.89. The maximum Gasteiger partial charge on any atom is 0.223 e. The van der Waals surface area contributed by atoms with Crippen molar-refractivity contribution < 1.29 is 4.79 Å². The Labute approximate surface area is 78.3 Å². The Hall–Kier alpha value is -0.570. The van der Waals surface area contributed by atoms with Gasteiger partial charge in [-0.15, -0.1) is 0 Å². The molecule has 2 unspecified atom stereocenters. The largest absolute Gasteiger partial charge is 0.349 e. The number of fused-ring (bicyclic) bond motifs is 1. The van der Waals surface area contributed by atoms with Crippen LogP contribution < -0.4 is 10.6 Å². The number of hydrogen-bond donors (Lipinski definition) is 2. The van der Waals surface area contributed by atoms with Crippen LogP contribution in [0, 0.1) is 11.8 Å². The lowest BCUT2D eigenvalue weighted by Crippen LogP contribution is -2.60. The summed E-state index contributed by atoms with van der Waals surface area (Å²) in [7, 11) is 0. The molecule has 0 aromatic heterocycles. The van der Waals surface area contributed by atoms with Gasteiger partial charge in [0, 0.05) is 19.0 Å². The van der Waals surface area contributed by atoms with Gasteiger partial charge in [0.1, 0.15) is 0 Å². The lowest BCUT2D eigenvalue weighted by molar-refractivity contribution is -0.125. The van der Waals surface area contributed by atoms with E-state index in [4.69, 9.17) is 0 Å². The molecular weight excluding hydrogens is 164 g/mol. The first-order valence-corrected chi connectivity index (χ1v) is 5.33. The third-order valence-electron chi connectivity index (χ3n) is 3.87. The Balaban J connectivity index is 1.67. The van der Waals surface area contributed by atoms with E-state index in [0.29, 0.717) is 11.8 Å². The van der Waals surface area contributed by atoms with E-state index in [1.807, 2.05) is 0 Å². The van der Waals surface area contributed by atoms with Gasteiger partial charge in [-0.05, 0) is 31.6 Å². The van der Waals surface area contributed by atoms with Crippen molar-refractivity contribution in [2.45, 2.75) is 31.2 Å². The average Bonchev–Trinajstić information content (AvgIpc) is 2.87. The molecule has 1 heterocycles. The topological polar surface area (TPSA) is 41.1 Å². The number of carbonyl (C=O) groups is 1. The molecule has 3 aliphatic rings. The molecule has 2 N–H and O–H groups in total. The summed E-state index contributed by atoms with van der Waals surface area (Å²) in [4.78, 5) is 11.6. The van der Waals surface area contributed by atoms with Gasteiger partial charge in [0.15, 0.2) is 0 Å². The van der Waals surface area contributed by atoms with E-state index in [-0.39, 0.29) is 5.54 Å². The smallest absolute Gasteiger partial charge is 0.223 e. The van der Waals surface area contributed by atoms with Gasteiger partial charge in [0.25, 0.3) is 0 Å². The van der Waals surface area contributed by atoms with Gasteiger partial charge in [0.2, 0.25) is 5.91 Å². The number of carbonyl (C=O) groups excluding carboxylic acids is 1. The summed E-state index contributed by atoms with van der Waals surface area (Å²) >= 11 is 0. The molecule has 1 saturated heterocycles. The molecule has 1 amide bonds. The second-order valence-electron chi connectivity index (χ2n) is 4.79. The van der Waals surface area contributed by atoms with E-state index in [1.54, 1.807) is 0 Å². The van der Waals surface area contributed by atoms with E-state index >= 15 is 0 Å². The van der Waals surface area contributed by atoms with Crippen LogP contribution in [-0.4, -0.2) is 24.5 Å². The molecule has 3 heteroatoms. The lowest BCUT2D eigenvalue weighted by atomic mass is 9.69. The second kappa shape index (κ2) is 2.47. The molecule has 0 bridgehead atoms. The van der Waals surface area contributed by atoms with Crippen molar-refractivity contribution in [3.05, 3.63) is 0 Å². The molecule has 13 heavy (non-hydrogen) atoms. The van der Waals surface area contributed by atoms with Crippen LogP contribution in [0.3, 0.4) is 0 Å². The monoisotopic (exact) mass is 180 g/mol. The van der Waals surface area contributed by atoms with Gasteiger partial charge in [-0.3, -0.25) is 4.79 Å². The zero-order valence-corrected chi connectivity index (χ0v) is 7.81. The van der Waals surface area contributed by atoms with Crippen molar-refractivity contribution in [2.75, 3.05) is 13.1 Å². The second-order valence-corrected chi connectivity index (χ2v) is 4.79. The quantitative estimate of drug-likeness (QED) is 0.640. The average molecular weight is 180 g/mol. The summed E-state index contributed by atoms with van der Waals surface area (Å²) in [6.45, 7) is 2.10. The Kier molecular flexibility index (Phi) is 1.48. The van der Waals surface area contributed by atoms with Crippen LogP contribution in [0.2, 0.25) is 0 Å². The highest BCUT2D eigenvalue weighted by Crippen LogP contribution is 2.42. The normalized spacial score (nSPS) is 42.3. The number of amides is 1. The van der Waals surface area contributed by atoms with Gasteiger partial charge in [-0.2, -0.15) is 0 Å². The van der Waals surface area contributed by atoms with Crippen LogP contribution in [-0.2, 0) is 4.79 Å². The van der Waals surface area contributed by atoms with E-state index in [1.165, 1.54) is 12.8 Å². The number of rotatable bonds is 2. The molecule has 72 valence electrons. The summed E-state index contributed by atoms with van der Waals surface area (Å²) in [6, 6.07) is 0. The van der Waals surface area contributed by atoms with Crippen molar-refractivity contribution in [1.82, 2.24) is 10.6 Å². The predicted octanol–water partition coefficient (Wildman–Crippen LogP) is 0.265. The Bertz CT molecular complexity index is 249. The standard InChI is InChI=1S/C10H16N2O/c13-9(7-1-2-7)12-10-4-3-8(10)5-11-6-10/h7-8,11H,1-6H2,(H,12,13). The van der Waals surface area contributed by atoms with Crippen LogP contribution in [0.5, 0.6) is 0 Å². The highest BCUT2D eigenvalue weighted by atomic mass is 16.2. The Morgan fingerprint density at radius 2 is 2.23 bits per heavy atom. The summed E-state index contributed by atoms with van der Waals surface area (Å²) in [5, 5.41) is 6.63. The fourth-order valence-electron chi connectivity index (χ4n) is 2.60. The molecule has 2 atom stereocenters. The van der Waals surface area contributed by atoms with Gasteiger partial charge < -0.3 is 10.6 Å². The minimum Gasteiger partial charge on any atom is -0.349 e. The highest BCUT2D eigenvalue weighted by Gasteiger charge is 2.51. The van der Waals surface area contributed by atoms with E-state index in [0.717, 1.165) is 31.8 Å². The molecule has 1 aliphatic heterocycles. The number of hydrogen-bond acceptors (Lipinski definition) is 2. The number of nitrogens with one attached hydrogen (secondary N) is 2. The first-order valence-electron chi connectivity index (χ1n) is 5.33. The molecule has 3 fully saturated rings. The van der Waals surface area contributed by atoms with E-state index < -0.39 is 0 Å². The molecule has 0 aromatic rings. The molecule has 0 spiro atoms. The highest BCUT2D eigenvalue weighted by molar-refractivity contribution is 5.81. The molecule has 2 saturated carbocycles. The molecular formula is C10H16N2O. The van der Waals surface area contributed by atoms with E-state index in [2.05, 4.69) is 10.6 Å². The molecule has 2 aliphatic carbocycles. The van der Waals surface area contributed by atoms with Gasteiger partial charge in [0.05, 0.1) is 5.54 Å². The molecule has 0 radical (unpaired) electrons. The predicted molar refractivity (Wildman–Crippen MR) is 49.2 cm³/mol. The third-order valence-corrected chi connectivity index (χ3v) is 3.87. The maximum atomic E-state index is 11.6. The first kappa shape index (κ1) is 7.80. The summed E-state index contributed by atoms with van der Waals surface area (Å²) in [5.74, 6) is 1.39. The zero-order valence-electron chi connectivity index (χ0n) is 7.81. The lowest BCUT2D eigenvalue weighted by Gasteiger charge is -2.44. The van der Waals surface area contributed by atoms with Crippen LogP contribution in [0.1, 0.15) is 25.7 Å². The van der Waals surface area contributed by atoms with Crippen LogP contribution in [0.4, 0.5) is 0 Å². The third kappa shape index (κ3) is 1.10. The van der Waals surface area contributed by atoms with Gasteiger partial charge in [-0.25, -0.2) is 0 Å². The van der Waals surface area contributed by atoms with Crippen molar-refractivity contribution >= 4 is 5.91 Å². The first-order chi connectivity index (χ1) is 6.30.